The highest BCUT2D eigenvalue weighted by Crippen LogP contribution is 2.22. The van der Waals surface area contributed by atoms with Gasteiger partial charge in [0.1, 0.15) is 0 Å². The van der Waals surface area contributed by atoms with Crippen molar-refractivity contribution in [2.45, 2.75) is 12.8 Å². The Morgan fingerprint density at radius 2 is 1.39 bits per heavy atom. The van der Waals surface area contributed by atoms with E-state index in [9.17, 15) is 0 Å². The molecule has 1 atom stereocenters. The Hall–Kier alpha value is 0.715. The fourth-order valence-corrected chi connectivity index (χ4v) is 2.62. The van der Waals surface area contributed by atoms with E-state index in [2.05, 4.69) is 7.57 Å². The minimum Gasteiger partial charge on any atom is -1.00 e. The third-order valence-corrected chi connectivity index (χ3v) is 3.88. The van der Waals surface area contributed by atoms with Crippen LogP contribution < -0.4 is 35.6 Å². The normalized spacial score (nSPS) is 8.17. The predicted molar refractivity (Wildman–Crippen MR) is 79.6 cm³/mol. The van der Waals surface area contributed by atoms with Crippen LogP contribution in [-0.4, -0.2) is 45.1 Å². The third kappa shape index (κ3) is 21.9. The maximum atomic E-state index is 5.49. The first-order valence-corrected chi connectivity index (χ1v) is 7.74. The van der Waals surface area contributed by atoms with Crippen LogP contribution in [0.25, 0.3) is 0 Å². The molecule has 0 spiro atoms. The van der Waals surface area contributed by atoms with Crippen molar-refractivity contribution in [1.29, 1.82) is 0 Å². The van der Waals surface area contributed by atoms with Crippen LogP contribution in [0.3, 0.4) is 0 Å². The van der Waals surface area contributed by atoms with Crippen molar-refractivity contribution in [1.82, 2.24) is 0 Å². The molecule has 0 aromatic carbocycles. The molecule has 0 amide bonds. The quantitative estimate of drug-likeness (QED) is 0.119. The lowest BCUT2D eigenvalue weighted by molar-refractivity contribution is -0.141. The molecule has 18 heavy (non-hydrogen) atoms. The lowest BCUT2D eigenvalue weighted by atomic mass is 10.5. The van der Waals surface area contributed by atoms with Gasteiger partial charge in [-0.2, -0.15) is 9.12 Å². The molecule has 0 fully saturated rings. The second-order valence-corrected chi connectivity index (χ2v) is 5.19. The van der Waals surface area contributed by atoms with E-state index in [0.717, 1.165) is 24.3 Å². The Kier molecular flexibility index (Phi) is 30.2. The number of ether oxygens (including phenoxy) is 2. The van der Waals surface area contributed by atoms with Gasteiger partial charge in [0.15, 0.2) is 0 Å². The molecule has 0 aromatic rings. The molecule has 0 saturated heterocycles. The molecule has 1 unspecified atom stereocenters. The Labute approximate surface area is 136 Å². The average Bonchev–Trinajstić information content (AvgIpc) is 2.46. The highest BCUT2D eigenvalue weighted by molar-refractivity contribution is 8.76. The molecule has 0 aliphatic carbocycles. The summed E-state index contributed by atoms with van der Waals surface area (Å²) in [6.07, 6.45) is 1.58. The summed E-state index contributed by atoms with van der Waals surface area (Å²) in [6.45, 7) is 0. The number of rotatable bonds is 7. The fraction of sp³-hybridized carbons (Fsp3) is 0.750. The van der Waals surface area contributed by atoms with Crippen molar-refractivity contribution in [3.63, 3.8) is 0 Å². The van der Waals surface area contributed by atoms with E-state index in [0.29, 0.717) is 11.8 Å². The SMILES string of the molecule is COC(=[NH2+])CCSSCCC(=[NH2+])OC.[2H][3H].[B]P.[Cl-].[Cl-]. The average molecular weight is 358 g/mol. The van der Waals surface area contributed by atoms with Crippen LogP contribution in [0.4, 0.5) is 0 Å². The van der Waals surface area contributed by atoms with E-state index in [4.69, 9.17) is 23.3 Å². The summed E-state index contributed by atoms with van der Waals surface area (Å²) < 4.78 is 19.7. The first-order valence-electron chi connectivity index (χ1n) is 5.59. The Morgan fingerprint density at radius 3 is 1.61 bits per heavy atom. The van der Waals surface area contributed by atoms with Gasteiger partial charge in [0, 0.05) is 14.5 Å². The monoisotopic (exact) mass is 357 g/mol. The van der Waals surface area contributed by atoms with E-state index in [1.807, 2.05) is 9.12 Å². The number of halogens is 2. The summed E-state index contributed by atoms with van der Waals surface area (Å²) in [6, 6.07) is 0. The molecule has 4 nitrogen and oxygen atoms in total. The van der Waals surface area contributed by atoms with Crippen molar-refractivity contribution in [2.75, 3.05) is 25.7 Å². The number of hydrogen-bond donors (Lipinski definition) is 2. The zero-order valence-corrected chi connectivity index (χ0v) is 14.8. The highest BCUT2D eigenvalue weighted by Gasteiger charge is 2.03. The van der Waals surface area contributed by atoms with Gasteiger partial charge in [-0.05, 0) is 0 Å². The molecule has 0 bridgehead atoms. The van der Waals surface area contributed by atoms with Gasteiger partial charge in [-0.1, -0.05) is 21.6 Å². The van der Waals surface area contributed by atoms with Crippen LogP contribution in [0.2, 0.25) is 0 Å². The zero-order valence-electron chi connectivity index (χ0n) is 12.5. The molecule has 4 N–H and O–H groups in total. The van der Waals surface area contributed by atoms with Crippen molar-refractivity contribution in [2.24, 2.45) is 0 Å². The van der Waals surface area contributed by atoms with Gasteiger partial charge < -0.3 is 34.3 Å². The topological polar surface area (TPSA) is 69.6 Å². The van der Waals surface area contributed by atoms with Crippen LogP contribution >= 0.6 is 30.7 Å². The Morgan fingerprint density at radius 1 is 1.11 bits per heavy atom. The minimum absolute atomic E-state index is 0. The van der Waals surface area contributed by atoms with Crippen molar-refractivity contribution >= 4 is 50.1 Å². The van der Waals surface area contributed by atoms with Crippen LogP contribution in [0.15, 0.2) is 0 Å². The molecular weight excluding hydrogens is 333 g/mol. The second-order valence-electron chi connectivity index (χ2n) is 2.48. The van der Waals surface area contributed by atoms with E-state index >= 15 is 0 Å². The number of methoxy groups -OCH3 is 2. The lowest BCUT2D eigenvalue weighted by Crippen LogP contribution is -3.00. The van der Waals surface area contributed by atoms with E-state index in [1.165, 1.54) is 0 Å². The summed E-state index contributed by atoms with van der Waals surface area (Å²) >= 11 is 0. The van der Waals surface area contributed by atoms with Crippen LogP contribution in [0.1, 0.15) is 15.8 Å². The van der Waals surface area contributed by atoms with Gasteiger partial charge in [0.25, 0.3) is 0 Å². The maximum Gasteiger partial charge on any atom is 0.333 e. The molecule has 0 rings (SSSR count). The van der Waals surface area contributed by atoms with Gasteiger partial charge in [-0.25, -0.2) is 10.8 Å². The van der Waals surface area contributed by atoms with E-state index in [-0.39, 0.29) is 24.8 Å². The van der Waals surface area contributed by atoms with Gasteiger partial charge in [0.2, 0.25) is 0 Å². The number of hydrogen-bond acceptors (Lipinski definition) is 4. The standard InChI is InChI=1S/C8H16N2O2S2.BH2P.2ClH.H2/c1-11-7(9)3-5-13-14-6-4-8(10)12-2;1-2;;;/h9-10H,3-6H2,1-2H3;2H2;3*1H/i;;;;1+2D. The van der Waals surface area contributed by atoms with Crippen molar-refractivity contribution in [3.05, 3.63) is 0 Å². The summed E-state index contributed by atoms with van der Waals surface area (Å²) in [7, 11) is 13.0. The molecule has 110 valence electrons. The highest BCUT2D eigenvalue weighted by atomic mass is 35.5. The molecular formula is C8H22BCl2N2O2PS2. The zero-order chi connectivity index (χ0) is 14.8. The summed E-state index contributed by atoms with van der Waals surface area (Å²) in [5.41, 5.74) is 0. The molecule has 0 aromatic heterocycles. The Balaban J connectivity index is -0.000000114. The maximum absolute atomic E-state index is 5.49. The van der Waals surface area contributed by atoms with Gasteiger partial charge >= 0.3 is 11.8 Å². The van der Waals surface area contributed by atoms with Crippen LogP contribution in [0.5, 0.6) is 0 Å². The summed E-state index contributed by atoms with van der Waals surface area (Å²) in [4.78, 5) is 0. The molecule has 2 radical (unpaired) electrons. The molecule has 0 saturated carbocycles. The smallest absolute Gasteiger partial charge is 0.333 e. The summed E-state index contributed by atoms with van der Waals surface area (Å²) in [5.74, 6) is 3.08. The summed E-state index contributed by atoms with van der Waals surface area (Å²) in [5, 5.41) is 11.0. The number of nitrogens with two attached hydrogens (primary N) is 2. The van der Waals surface area contributed by atoms with E-state index < -0.39 is 0 Å². The van der Waals surface area contributed by atoms with Crippen LogP contribution in [0, 0.1) is 0 Å². The minimum atomic E-state index is 0. The van der Waals surface area contributed by atoms with Gasteiger partial charge in [-0.3, -0.25) is 0 Å². The molecule has 0 aliphatic heterocycles. The molecule has 0 aliphatic rings. The second kappa shape index (κ2) is 22.9. The van der Waals surface area contributed by atoms with Gasteiger partial charge in [-0.15, -0.1) is 0 Å². The van der Waals surface area contributed by atoms with E-state index in [1.54, 1.807) is 35.8 Å². The first kappa shape index (κ1) is 23.8. The third-order valence-electron chi connectivity index (χ3n) is 1.47. The lowest BCUT2D eigenvalue weighted by Gasteiger charge is -1.98. The fourth-order valence-electron chi connectivity index (χ4n) is 0.606. The Bertz CT molecular complexity index is 197. The van der Waals surface area contributed by atoms with Crippen LogP contribution in [-0.2, 0) is 9.47 Å². The predicted octanol–water partition coefficient (Wildman–Crippen LogP) is -7.05. The largest absolute Gasteiger partial charge is 1.00 e. The van der Waals surface area contributed by atoms with Gasteiger partial charge in [0.05, 0.1) is 34.6 Å². The molecule has 10 heteroatoms. The first-order chi connectivity index (χ1) is 8.70. The van der Waals surface area contributed by atoms with Crippen molar-refractivity contribution in [3.8, 4) is 0 Å². The van der Waals surface area contributed by atoms with Crippen molar-refractivity contribution < 1.29 is 48.1 Å². The molecule has 0 heterocycles.